The second-order valence-corrected chi connectivity index (χ2v) is 5.76. The van der Waals surface area contributed by atoms with Crippen molar-refractivity contribution in [2.45, 2.75) is 19.8 Å². The van der Waals surface area contributed by atoms with E-state index in [4.69, 9.17) is 9.47 Å². The van der Waals surface area contributed by atoms with Crippen molar-refractivity contribution in [2.24, 2.45) is 5.10 Å². The van der Waals surface area contributed by atoms with Gasteiger partial charge in [0.05, 0.1) is 20.4 Å². The molecule has 142 valence electrons. The summed E-state index contributed by atoms with van der Waals surface area (Å²) in [6, 6.07) is 12.7. The number of carbonyl (C=O) groups is 2. The zero-order chi connectivity index (χ0) is 19.6. The third-order valence-corrected chi connectivity index (χ3v) is 3.83. The summed E-state index contributed by atoms with van der Waals surface area (Å²) >= 11 is 0. The van der Waals surface area contributed by atoms with Crippen molar-refractivity contribution in [3.05, 3.63) is 53.6 Å². The van der Waals surface area contributed by atoms with Gasteiger partial charge in [0.2, 0.25) is 11.8 Å². The van der Waals surface area contributed by atoms with Crippen molar-refractivity contribution in [2.75, 3.05) is 19.5 Å². The Hall–Kier alpha value is -3.35. The Morgan fingerprint density at radius 2 is 1.78 bits per heavy atom. The van der Waals surface area contributed by atoms with Crippen LogP contribution >= 0.6 is 0 Å². The lowest BCUT2D eigenvalue weighted by Crippen LogP contribution is -2.20. The Labute approximate surface area is 158 Å². The fraction of sp³-hybridized carbons (Fsp3) is 0.250. The van der Waals surface area contributed by atoms with Gasteiger partial charge in [-0.2, -0.15) is 5.10 Å². The van der Waals surface area contributed by atoms with Gasteiger partial charge in [0.25, 0.3) is 0 Å². The van der Waals surface area contributed by atoms with Crippen molar-refractivity contribution in [1.82, 2.24) is 5.43 Å². The van der Waals surface area contributed by atoms with E-state index >= 15 is 0 Å². The SMILES string of the molecule is COc1ccc(OC)c(C=NNC(=O)CCC(=O)Nc2ccccc2C)c1. The van der Waals surface area contributed by atoms with Crippen molar-refractivity contribution >= 4 is 23.7 Å². The number of benzene rings is 2. The monoisotopic (exact) mass is 369 g/mol. The molecule has 2 N–H and O–H groups in total. The van der Waals surface area contributed by atoms with Crippen LogP contribution in [0.15, 0.2) is 47.6 Å². The largest absolute Gasteiger partial charge is 0.497 e. The molecule has 0 bridgehead atoms. The molecule has 0 aliphatic heterocycles. The summed E-state index contributed by atoms with van der Waals surface area (Å²) in [7, 11) is 3.11. The lowest BCUT2D eigenvalue weighted by molar-refractivity contribution is -0.124. The first-order valence-corrected chi connectivity index (χ1v) is 8.43. The fourth-order valence-electron chi connectivity index (χ4n) is 2.32. The van der Waals surface area contributed by atoms with E-state index in [1.807, 2.05) is 31.2 Å². The van der Waals surface area contributed by atoms with E-state index in [-0.39, 0.29) is 24.7 Å². The molecule has 7 nitrogen and oxygen atoms in total. The molecule has 7 heteroatoms. The quantitative estimate of drug-likeness (QED) is 0.553. The van der Waals surface area contributed by atoms with E-state index in [9.17, 15) is 9.59 Å². The first-order chi connectivity index (χ1) is 13.0. The third kappa shape index (κ3) is 6.14. The molecule has 2 aromatic rings. The molecule has 0 radical (unpaired) electrons. The number of aryl methyl sites for hydroxylation is 1. The highest BCUT2D eigenvalue weighted by Crippen LogP contribution is 2.22. The van der Waals surface area contributed by atoms with Gasteiger partial charge >= 0.3 is 0 Å². The molecule has 0 atom stereocenters. The van der Waals surface area contributed by atoms with Crippen molar-refractivity contribution in [1.29, 1.82) is 0 Å². The first-order valence-electron chi connectivity index (χ1n) is 8.43. The number of methoxy groups -OCH3 is 2. The van der Waals surface area contributed by atoms with Crippen LogP contribution in [0.1, 0.15) is 24.0 Å². The molecule has 0 aromatic heterocycles. The minimum atomic E-state index is -0.354. The predicted molar refractivity (Wildman–Crippen MR) is 104 cm³/mol. The number of ether oxygens (including phenoxy) is 2. The molecular formula is C20H23N3O4. The van der Waals surface area contributed by atoms with Crippen LogP contribution in [0.4, 0.5) is 5.69 Å². The van der Waals surface area contributed by atoms with Gasteiger partial charge in [-0.3, -0.25) is 9.59 Å². The maximum atomic E-state index is 12.0. The molecule has 0 saturated heterocycles. The summed E-state index contributed by atoms with van der Waals surface area (Å²) in [5.74, 6) is 0.675. The minimum Gasteiger partial charge on any atom is -0.497 e. The normalized spacial score (nSPS) is 10.5. The second kappa shape index (κ2) is 9.96. The third-order valence-electron chi connectivity index (χ3n) is 3.83. The number of hydrogen-bond acceptors (Lipinski definition) is 5. The van der Waals surface area contributed by atoms with Gasteiger partial charge in [-0.05, 0) is 36.8 Å². The Morgan fingerprint density at radius 3 is 2.48 bits per heavy atom. The van der Waals surface area contributed by atoms with Crippen LogP contribution in [0.5, 0.6) is 11.5 Å². The van der Waals surface area contributed by atoms with Crippen LogP contribution in [-0.4, -0.2) is 32.2 Å². The predicted octanol–water partition coefficient (Wildman–Crippen LogP) is 2.88. The van der Waals surface area contributed by atoms with E-state index in [0.29, 0.717) is 17.1 Å². The van der Waals surface area contributed by atoms with E-state index < -0.39 is 0 Å². The summed E-state index contributed by atoms with van der Waals surface area (Å²) in [4.78, 5) is 23.8. The molecule has 0 saturated carbocycles. The highest BCUT2D eigenvalue weighted by Gasteiger charge is 2.08. The molecule has 2 aromatic carbocycles. The zero-order valence-corrected chi connectivity index (χ0v) is 15.6. The van der Waals surface area contributed by atoms with Gasteiger partial charge in [0.15, 0.2) is 0 Å². The molecule has 0 heterocycles. The number of nitrogens with one attached hydrogen (secondary N) is 2. The van der Waals surface area contributed by atoms with E-state index in [1.54, 1.807) is 32.4 Å². The summed E-state index contributed by atoms with van der Waals surface area (Å²) < 4.78 is 10.4. The fourth-order valence-corrected chi connectivity index (χ4v) is 2.32. The van der Waals surface area contributed by atoms with E-state index in [0.717, 1.165) is 11.3 Å². The highest BCUT2D eigenvalue weighted by atomic mass is 16.5. The number of carbonyl (C=O) groups excluding carboxylic acids is 2. The maximum absolute atomic E-state index is 12.0. The molecule has 27 heavy (non-hydrogen) atoms. The molecule has 0 aliphatic carbocycles. The Balaban J connectivity index is 1.83. The van der Waals surface area contributed by atoms with Crippen LogP contribution in [-0.2, 0) is 9.59 Å². The molecule has 2 rings (SSSR count). The summed E-state index contributed by atoms with van der Waals surface area (Å²) in [5, 5.41) is 6.70. The first kappa shape index (κ1) is 20.0. The number of amides is 2. The maximum Gasteiger partial charge on any atom is 0.240 e. The number of nitrogens with zero attached hydrogens (tertiary/aromatic N) is 1. The summed E-state index contributed by atoms with van der Waals surface area (Å²) in [5.41, 5.74) is 4.77. The number of para-hydroxylation sites is 1. The Kier molecular flexibility index (Phi) is 7.37. The lowest BCUT2D eigenvalue weighted by Gasteiger charge is -2.08. The van der Waals surface area contributed by atoms with Crippen LogP contribution < -0.4 is 20.2 Å². The average Bonchev–Trinajstić information content (AvgIpc) is 2.68. The van der Waals surface area contributed by atoms with Crippen molar-refractivity contribution in [3.8, 4) is 11.5 Å². The molecule has 0 unspecified atom stereocenters. The number of hydrazone groups is 1. The number of rotatable bonds is 8. The van der Waals surface area contributed by atoms with Gasteiger partial charge in [-0.15, -0.1) is 0 Å². The molecular weight excluding hydrogens is 346 g/mol. The Bertz CT molecular complexity index is 834. The second-order valence-electron chi connectivity index (χ2n) is 5.76. The van der Waals surface area contributed by atoms with Gasteiger partial charge in [-0.25, -0.2) is 5.43 Å². The molecule has 2 amide bonds. The highest BCUT2D eigenvalue weighted by molar-refractivity contribution is 5.94. The topological polar surface area (TPSA) is 89.0 Å². The lowest BCUT2D eigenvalue weighted by atomic mass is 10.2. The van der Waals surface area contributed by atoms with Gasteiger partial charge < -0.3 is 14.8 Å². The standard InChI is InChI=1S/C20H23N3O4/c1-14-6-4-5-7-17(14)22-19(24)10-11-20(25)23-21-13-15-12-16(26-2)8-9-18(15)27-3/h4-9,12-13H,10-11H2,1-3H3,(H,22,24)(H,23,25). The summed E-state index contributed by atoms with van der Waals surface area (Å²) in [6.07, 6.45) is 1.56. The van der Waals surface area contributed by atoms with Crippen molar-refractivity contribution < 1.29 is 19.1 Å². The smallest absolute Gasteiger partial charge is 0.240 e. The van der Waals surface area contributed by atoms with Crippen molar-refractivity contribution in [3.63, 3.8) is 0 Å². The molecule has 0 aliphatic rings. The Morgan fingerprint density at radius 1 is 1.04 bits per heavy atom. The van der Waals surface area contributed by atoms with Gasteiger partial charge in [0, 0.05) is 24.1 Å². The van der Waals surface area contributed by atoms with Gasteiger partial charge in [-0.1, -0.05) is 18.2 Å². The van der Waals surface area contributed by atoms with Crippen LogP contribution in [0.25, 0.3) is 0 Å². The van der Waals surface area contributed by atoms with Crippen LogP contribution in [0, 0.1) is 6.92 Å². The number of anilines is 1. The zero-order valence-electron chi connectivity index (χ0n) is 15.6. The van der Waals surface area contributed by atoms with E-state index in [2.05, 4.69) is 15.8 Å². The van der Waals surface area contributed by atoms with Gasteiger partial charge in [0.1, 0.15) is 11.5 Å². The van der Waals surface area contributed by atoms with Crippen LogP contribution in [0.3, 0.4) is 0 Å². The minimum absolute atomic E-state index is 0.0320. The summed E-state index contributed by atoms with van der Waals surface area (Å²) in [6.45, 7) is 1.91. The average molecular weight is 369 g/mol. The van der Waals surface area contributed by atoms with E-state index in [1.165, 1.54) is 6.21 Å². The number of hydrogen-bond donors (Lipinski definition) is 2. The molecule has 0 spiro atoms. The van der Waals surface area contributed by atoms with Crippen LogP contribution in [0.2, 0.25) is 0 Å². The molecule has 0 fully saturated rings.